The molecule has 0 aromatic heterocycles. The Hall–Kier alpha value is -4.54. The SMILES string of the molecule is CC/C=C\C/C=C\C/C=C\C/C=C\C/C=C\CC(=O)OC(COC(=O)CCCCCC/C=C\C/C=C\C/C=C\C/C=C\CC)COP(=O)(O)OCC(O)COP(=O)(O)OCC(COC(=O)CCCCCCCCCCCCCCCCC)OC(=O)CCCCCCC/C=C\CCCC. The molecule has 0 saturated heterocycles. The van der Waals surface area contributed by atoms with Crippen LogP contribution in [0.4, 0.5) is 0 Å². The van der Waals surface area contributed by atoms with Crippen LogP contribution in [-0.4, -0.2) is 96.7 Å². The molecule has 0 aliphatic heterocycles. The van der Waals surface area contributed by atoms with Gasteiger partial charge in [-0.1, -0.05) is 284 Å². The van der Waals surface area contributed by atoms with E-state index in [0.717, 1.165) is 135 Å². The van der Waals surface area contributed by atoms with Gasteiger partial charge in [-0.15, -0.1) is 0 Å². The summed E-state index contributed by atoms with van der Waals surface area (Å²) in [6, 6.07) is 0. The van der Waals surface area contributed by atoms with Crippen molar-refractivity contribution >= 4 is 39.5 Å². The Morgan fingerprint density at radius 3 is 0.949 bits per heavy atom. The van der Waals surface area contributed by atoms with E-state index in [1.807, 2.05) is 12.2 Å². The van der Waals surface area contributed by atoms with Crippen molar-refractivity contribution < 1.29 is 80.2 Å². The minimum Gasteiger partial charge on any atom is -0.462 e. The molecule has 0 bridgehead atoms. The van der Waals surface area contributed by atoms with Gasteiger partial charge in [0.25, 0.3) is 0 Å². The molecule has 5 unspecified atom stereocenters. The van der Waals surface area contributed by atoms with E-state index < -0.39 is 97.5 Å². The molecule has 0 heterocycles. The van der Waals surface area contributed by atoms with Crippen LogP contribution in [0.2, 0.25) is 0 Å². The highest BCUT2D eigenvalue weighted by Crippen LogP contribution is 2.45. The van der Waals surface area contributed by atoms with E-state index in [9.17, 15) is 43.2 Å². The minimum atomic E-state index is -5.00. The standard InChI is InChI=1S/C79H134O17P2/c1-5-9-13-17-21-25-29-32-35-36-39-41-45-48-52-56-60-64-77(82)90-70-75(96-79(84)66-62-58-54-50-46-42-38-34-31-27-23-19-15-11-7-3)72-94-98(87,88)92-68-73(80)67-91-97(85,86)93-71-74(95-78(83)65-61-57-53-49-43-28-24-20-16-12-8-4)69-89-76(81)63-59-55-51-47-44-40-37-33-30-26-22-18-14-10-6-2/h9,11,13,15,20-21,23-25,27,32,34-35,38-39,41,46,50,58,62,73-75,80H,5-8,10,12,14,16-19,22,26,28-31,33,36-37,40,42-45,47-49,51-57,59-61,63-72H2,1-4H3,(H,85,86)(H,87,88)/b13-9-,15-11-,24-20-,25-21-,27-23-,35-32-,38-34-,41-39-,50-46-,62-58-. The molecule has 3 N–H and O–H groups in total. The number of aliphatic hydroxyl groups is 1. The quantitative estimate of drug-likeness (QED) is 0.0169. The number of ether oxygens (including phenoxy) is 4. The Morgan fingerprint density at radius 2 is 0.582 bits per heavy atom. The van der Waals surface area contributed by atoms with Gasteiger partial charge in [0.15, 0.2) is 12.2 Å². The van der Waals surface area contributed by atoms with Gasteiger partial charge in [-0.05, 0) is 109 Å². The van der Waals surface area contributed by atoms with E-state index in [4.69, 9.17) is 37.0 Å². The summed E-state index contributed by atoms with van der Waals surface area (Å²) in [6.07, 6.45) is 76.6. The monoisotopic (exact) mass is 1420 g/mol. The van der Waals surface area contributed by atoms with Gasteiger partial charge >= 0.3 is 39.5 Å². The second-order valence-electron chi connectivity index (χ2n) is 24.8. The average Bonchev–Trinajstić information content (AvgIpc) is 0.980. The van der Waals surface area contributed by atoms with Crippen LogP contribution in [0.15, 0.2) is 122 Å². The first-order valence-electron chi connectivity index (χ1n) is 37.8. The molecule has 0 rings (SSSR count). The Bertz CT molecular complexity index is 2340. The highest BCUT2D eigenvalue weighted by molar-refractivity contribution is 7.47. The van der Waals surface area contributed by atoms with E-state index >= 15 is 0 Å². The van der Waals surface area contributed by atoms with Crippen molar-refractivity contribution in [2.45, 2.75) is 316 Å². The van der Waals surface area contributed by atoms with Crippen LogP contribution in [0.1, 0.15) is 297 Å². The van der Waals surface area contributed by atoms with Crippen molar-refractivity contribution in [2.24, 2.45) is 0 Å². The molecule has 5 atom stereocenters. The summed E-state index contributed by atoms with van der Waals surface area (Å²) in [6.45, 7) is 4.46. The van der Waals surface area contributed by atoms with Gasteiger partial charge in [0, 0.05) is 19.3 Å². The first-order valence-corrected chi connectivity index (χ1v) is 40.8. The second kappa shape index (κ2) is 70.9. The molecular weight excluding hydrogens is 1280 g/mol. The molecule has 0 aliphatic carbocycles. The molecule has 0 amide bonds. The Balaban J connectivity index is 5.41. The number of aliphatic hydroxyl groups excluding tert-OH is 1. The lowest BCUT2D eigenvalue weighted by Crippen LogP contribution is -2.30. The van der Waals surface area contributed by atoms with E-state index in [1.54, 1.807) is 12.2 Å². The third-order valence-electron chi connectivity index (χ3n) is 15.5. The predicted octanol–water partition coefficient (Wildman–Crippen LogP) is 21.6. The maximum atomic E-state index is 13.1. The number of phosphoric ester groups is 2. The molecule has 98 heavy (non-hydrogen) atoms. The van der Waals surface area contributed by atoms with Crippen LogP contribution in [0, 0.1) is 0 Å². The van der Waals surface area contributed by atoms with Crippen molar-refractivity contribution in [1.82, 2.24) is 0 Å². The normalized spacial score (nSPS) is 14.6. The van der Waals surface area contributed by atoms with Gasteiger partial charge in [0.2, 0.25) is 0 Å². The number of esters is 4. The smallest absolute Gasteiger partial charge is 0.462 e. The summed E-state index contributed by atoms with van der Waals surface area (Å²) in [7, 11) is -9.98. The zero-order chi connectivity index (χ0) is 71.8. The molecule has 0 aromatic carbocycles. The highest BCUT2D eigenvalue weighted by Gasteiger charge is 2.30. The average molecular weight is 1420 g/mol. The van der Waals surface area contributed by atoms with Crippen LogP contribution >= 0.6 is 15.6 Å². The predicted molar refractivity (Wildman–Crippen MR) is 399 cm³/mol. The third-order valence-corrected chi connectivity index (χ3v) is 17.4. The summed E-state index contributed by atoms with van der Waals surface area (Å²) in [5.74, 6) is -2.36. The third kappa shape index (κ3) is 69.9. The number of allylic oxidation sites excluding steroid dienone is 19. The molecule has 17 nitrogen and oxygen atoms in total. The van der Waals surface area contributed by atoms with Crippen molar-refractivity contribution in [3.8, 4) is 0 Å². The van der Waals surface area contributed by atoms with Gasteiger partial charge in [0.05, 0.1) is 32.8 Å². The van der Waals surface area contributed by atoms with E-state index in [-0.39, 0.29) is 25.7 Å². The molecule has 562 valence electrons. The largest absolute Gasteiger partial charge is 0.472 e. The number of hydrogen-bond donors (Lipinski definition) is 3. The lowest BCUT2D eigenvalue weighted by atomic mass is 10.0. The van der Waals surface area contributed by atoms with Crippen LogP contribution in [0.3, 0.4) is 0 Å². The Morgan fingerprint density at radius 1 is 0.306 bits per heavy atom. The maximum Gasteiger partial charge on any atom is 0.472 e. The van der Waals surface area contributed by atoms with Gasteiger partial charge in [-0.2, -0.15) is 0 Å². The zero-order valence-electron chi connectivity index (χ0n) is 61.2. The zero-order valence-corrected chi connectivity index (χ0v) is 63.0. The van der Waals surface area contributed by atoms with Gasteiger partial charge < -0.3 is 33.8 Å². The molecule has 0 spiro atoms. The fourth-order valence-electron chi connectivity index (χ4n) is 9.74. The summed E-state index contributed by atoms with van der Waals surface area (Å²) < 4.78 is 68.2. The van der Waals surface area contributed by atoms with Gasteiger partial charge in [-0.3, -0.25) is 37.3 Å². The minimum absolute atomic E-state index is 0.0821. The maximum absolute atomic E-state index is 13.1. The Labute approximate surface area is 593 Å². The molecule has 0 aliphatic rings. The lowest BCUT2D eigenvalue weighted by Gasteiger charge is -2.21. The summed E-state index contributed by atoms with van der Waals surface area (Å²) >= 11 is 0. The van der Waals surface area contributed by atoms with Crippen LogP contribution < -0.4 is 0 Å². The highest BCUT2D eigenvalue weighted by atomic mass is 31.2. The van der Waals surface area contributed by atoms with Crippen LogP contribution in [-0.2, 0) is 65.4 Å². The number of rotatable bonds is 70. The van der Waals surface area contributed by atoms with E-state index in [2.05, 4.69) is 125 Å². The number of unbranched alkanes of at least 4 members (excludes halogenated alkanes) is 25. The van der Waals surface area contributed by atoms with Crippen molar-refractivity contribution in [1.29, 1.82) is 0 Å². The summed E-state index contributed by atoms with van der Waals surface area (Å²) in [5.41, 5.74) is 0. The molecule has 0 aromatic rings. The first kappa shape index (κ1) is 93.5. The first-order chi connectivity index (χ1) is 47.7. The van der Waals surface area contributed by atoms with E-state index in [1.165, 1.54) is 83.5 Å². The topological polar surface area (TPSA) is 237 Å². The fraction of sp³-hybridized carbons (Fsp3) is 0.696. The number of hydrogen-bond acceptors (Lipinski definition) is 15. The van der Waals surface area contributed by atoms with Crippen LogP contribution in [0.5, 0.6) is 0 Å². The number of carbonyl (C=O) groups excluding carboxylic acids is 4. The van der Waals surface area contributed by atoms with Gasteiger partial charge in [-0.25, -0.2) is 9.13 Å². The molecule has 0 radical (unpaired) electrons. The summed E-state index contributed by atoms with van der Waals surface area (Å²) in [4.78, 5) is 72.7. The molecule has 19 heteroatoms. The van der Waals surface area contributed by atoms with E-state index in [0.29, 0.717) is 25.7 Å². The van der Waals surface area contributed by atoms with Crippen LogP contribution in [0.25, 0.3) is 0 Å². The summed E-state index contributed by atoms with van der Waals surface area (Å²) in [5, 5.41) is 10.6. The number of carbonyl (C=O) groups is 4. The molecular formula is C79H134O17P2. The Kier molecular flexibility index (Phi) is 67.6. The van der Waals surface area contributed by atoms with Crippen molar-refractivity contribution in [3.05, 3.63) is 122 Å². The van der Waals surface area contributed by atoms with Gasteiger partial charge in [0.1, 0.15) is 19.3 Å². The molecule has 0 fully saturated rings. The second-order valence-corrected chi connectivity index (χ2v) is 27.8. The lowest BCUT2D eigenvalue weighted by molar-refractivity contribution is -0.161. The van der Waals surface area contributed by atoms with Crippen molar-refractivity contribution in [3.63, 3.8) is 0 Å². The molecule has 0 saturated carbocycles. The number of phosphoric acid groups is 2. The fourth-order valence-corrected chi connectivity index (χ4v) is 11.3. The van der Waals surface area contributed by atoms with Crippen molar-refractivity contribution in [2.75, 3.05) is 39.6 Å².